The monoisotopic (exact) mass is 1090 g/mol. The summed E-state index contributed by atoms with van der Waals surface area (Å²) in [6.45, 7) is 1.48. The molecule has 5 aliphatic rings. The second-order valence-corrected chi connectivity index (χ2v) is 20.5. The van der Waals surface area contributed by atoms with Gasteiger partial charge in [-0.25, -0.2) is 14.2 Å². The predicted octanol–water partition coefficient (Wildman–Crippen LogP) is 1.45. The molecule has 5 heterocycles. The average Bonchev–Trinajstić information content (AvgIpc) is 4.16. The van der Waals surface area contributed by atoms with Crippen molar-refractivity contribution in [2.75, 3.05) is 32.9 Å². The van der Waals surface area contributed by atoms with E-state index in [-0.39, 0.29) is 74.5 Å². The number of pyridine rings is 2. The Bertz CT molecular complexity index is 3230. The summed E-state index contributed by atoms with van der Waals surface area (Å²) in [4.78, 5) is 135. The van der Waals surface area contributed by atoms with Crippen molar-refractivity contribution >= 4 is 64.1 Å². The van der Waals surface area contributed by atoms with Gasteiger partial charge in [-0.3, -0.25) is 48.1 Å². The van der Waals surface area contributed by atoms with E-state index in [2.05, 4.69) is 31.9 Å². The molecule has 8 amide bonds. The van der Waals surface area contributed by atoms with Crippen LogP contribution in [0.15, 0.2) is 59.4 Å². The van der Waals surface area contributed by atoms with Crippen molar-refractivity contribution in [2.45, 2.75) is 121 Å². The maximum absolute atomic E-state index is 15.5. The summed E-state index contributed by atoms with van der Waals surface area (Å²) in [6, 6.07) is 10.4. The number of carbonyl (C=O) groups excluding carboxylic acids is 9. The lowest BCUT2D eigenvalue weighted by Gasteiger charge is -2.31. The second kappa shape index (κ2) is 23.8. The van der Waals surface area contributed by atoms with Gasteiger partial charge in [-0.2, -0.15) is 0 Å². The van der Waals surface area contributed by atoms with Crippen molar-refractivity contribution in [2.24, 2.45) is 5.92 Å². The molecule has 0 radical (unpaired) electrons. The molecule has 416 valence electrons. The second-order valence-electron chi connectivity index (χ2n) is 20.5. The van der Waals surface area contributed by atoms with Gasteiger partial charge in [0.25, 0.3) is 17.4 Å². The molecule has 4 aromatic rings. The van der Waals surface area contributed by atoms with Crippen LogP contribution >= 0.6 is 0 Å². The SMILES string of the molecule is CC[C@@]1(O)C(=O)OCc2c1cc1n(c2=O)Cc2c-1nc1cc(F)c(C)c3c1c2[C@@H](NC(=O)C(OCNC(=O)CNC(=O)[C@H](CCc1ccccc1)NC(=O)CNC(=O)CNC(=O)CCCCCN1C(=O)C=CC1=O)C1CC1)CC3. The highest BCUT2D eigenvalue weighted by Crippen LogP contribution is 2.46. The van der Waals surface area contributed by atoms with Crippen molar-refractivity contribution < 1.29 is 62.1 Å². The normalized spacial score (nSPS) is 18.5. The number of aromatic nitrogens is 2. The number of esters is 1. The fourth-order valence-electron chi connectivity index (χ4n) is 10.7. The molecule has 4 atom stereocenters. The van der Waals surface area contributed by atoms with E-state index >= 15 is 4.39 Å². The highest BCUT2D eigenvalue weighted by atomic mass is 19.1. The van der Waals surface area contributed by atoms with Gasteiger partial charge in [0, 0.05) is 47.7 Å². The first-order valence-corrected chi connectivity index (χ1v) is 26.6. The molecule has 9 rings (SSSR count). The van der Waals surface area contributed by atoms with Gasteiger partial charge in [-0.1, -0.05) is 43.7 Å². The summed E-state index contributed by atoms with van der Waals surface area (Å²) in [5, 5.41) is 27.9. The number of benzene rings is 2. The lowest BCUT2D eigenvalue weighted by Crippen LogP contribution is -2.51. The van der Waals surface area contributed by atoms with Crippen molar-refractivity contribution in [1.29, 1.82) is 0 Å². The molecular formula is C56H62FN9O13. The smallest absolute Gasteiger partial charge is 0.343 e. The number of aryl methyl sites for hydroxylation is 2. The Hall–Kier alpha value is -8.18. The Morgan fingerprint density at radius 2 is 1.56 bits per heavy atom. The van der Waals surface area contributed by atoms with E-state index in [9.17, 15) is 53.1 Å². The third kappa shape index (κ3) is 12.1. The molecule has 2 aromatic carbocycles. The Labute approximate surface area is 452 Å². The highest BCUT2D eigenvalue weighted by molar-refractivity contribution is 6.12. The number of carbonyl (C=O) groups is 9. The number of nitrogens with zero attached hydrogens (tertiary/aromatic N) is 3. The number of aliphatic hydroxyl groups is 1. The van der Waals surface area contributed by atoms with Crippen LogP contribution in [-0.2, 0) is 84.2 Å². The zero-order chi connectivity index (χ0) is 56.1. The van der Waals surface area contributed by atoms with Crippen LogP contribution in [0.5, 0.6) is 0 Å². The summed E-state index contributed by atoms with van der Waals surface area (Å²) >= 11 is 0. The summed E-state index contributed by atoms with van der Waals surface area (Å²) in [5.41, 5.74) is 2.16. The van der Waals surface area contributed by atoms with Gasteiger partial charge in [-0.05, 0) is 98.9 Å². The molecule has 2 aliphatic carbocycles. The number of nitrogens with one attached hydrogen (secondary N) is 6. The van der Waals surface area contributed by atoms with Gasteiger partial charge < -0.3 is 51.0 Å². The van der Waals surface area contributed by atoms with Gasteiger partial charge in [0.2, 0.25) is 35.4 Å². The van der Waals surface area contributed by atoms with Crippen molar-refractivity contribution in [3.63, 3.8) is 0 Å². The van der Waals surface area contributed by atoms with Gasteiger partial charge in [-0.15, -0.1) is 0 Å². The number of hydrogen-bond donors (Lipinski definition) is 7. The van der Waals surface area contributed by atoms with Crippen LogP contribution in [0.2, 0.25) is 0 Å². The maximum Gasteiger partial charge on any atom is 0.343 e. The molecule has 22 nitrogen and oxygen atoms in total. The standard InChI is InChI=1S/C56H62FN9O13/c1-3-56(77)36-22-41-50-34(27-66(41)54(75)35(36)28-78-55(56)76)49-38(18-16-33-30(2)37(57)23-40(63-50)48(33)49)64-53(74)51(32-14-15-32)79-29-61-44(69)25-60-52(73)39(17-13-31-10-6-4-7-11-31)62-45(70)26-59-43(68)24-58-42(67)12-8-5-9-21-65-46(71)19-20-47(65)72/h4,6-7,10-11,19-20,22-23,32,38-39,51,77H,3,5,8-9,12-18,21,24-29H2,1-2H3,(H,58,67)(H,59,68)(H,60,73)(H,61,69)(H,62,70)(H,64,74)/t38-,39-,51?,56-/m0/s1. The number of rotatable bonds is 24. The minimum absolute atomic E-state index is 0.0478. The van der Waals surface area contributed by atoms with Crippen LogP contribution in [0.4, 0.5) is 4.39 Å². The summed E-state index contributed by atoms with van der Waals surface area (Å²) in [6.07, 6.45) is 5.74. The zero-order valence-corrected chi connectivity index (χ0v) is 43.8. The molecule has 7 N–H and O–H groups in total. The topological polar surface area (TPSA) is 303 Å². The maximum atomic E-state index is 15.5. The minimum Gasteiger partial charge on any atom is -0.458 e. The molecule has 1 saturated carbocycles. The van der Waals surface area contributed by atoms with Crippen LogP contribution in [0.25, 0.3) is 22.3 Å². The van der Waals surface area contributed by atoms with E-state index in [1.54, 1.807) is 19.9 Å². The van der Waals surface area contributed by atoms with Crippen molar-refractivity contribution in [3.05, 3.63) is 110 Å². The number of amides is 8. The van der Waals surface area contributed by atoms with Crippen molar-refractivity contribution in [1.82, 2.24) is 46.4 Å². The number of imide groups is 1. The first-order chi connectivity index (χ1) is 37.9. The molecular weight excluding hydrogens is 1030 g/mol. The van der Waals surface area contributed by atoms with E-state index in [1.165, 1.54) is 22.8 Å². The summed E-state index contributed by atoms with van der Waals surface area (Å²) < 4.78 is 28.3. The average molecular weight is 1090 g/mol. The van der Waals surface area contributed by atoms with Gasteiger partial charge in [0.15, 0.2) is 5.60 Å². The Kier molecular flexibility index (Phi) is 16.8. The number of fused-ring (bicyclic) bond motifs is 5. The van der Waals surface area contributed by atoms with E-state index in [1.807, 2.05) is 30.3 Å². The number of unbranched alkanes of at least 4 members (excludes halogenated alkanes) is 2. The Morgan fingerprint density at radius 3 is 2.29 bits per heavy atom. The van der Waals surface area contributed by atoms with Crippen LogP contribution in [0, 0.1) is 18.7 Å². The molecule has 0 spiro atoms. The Balaban J connectivity index is 0.778. The zero-order valence-electron chi connectivity index (χ0n) is 43.8. The highest BCUT2D eigenvalue weighted by Gasteiger charge is 2.46. The quantitative estimate of drug-likeness (QED) is 0.0199. The number of ether oxygens (including phenoxy) is 2. The molecule has 2 aromatic heterocycles. The molecule has 0 saturated heterocycles. The van der Waals surface area contributed by atoms with E-state index in [0.717, 1.165) is 16.0 Å². The predicted molar refractivity (Wildman–Crippen MR) is 279 cm³/mol. The largest absolute Gasteiger partial charge is 0.458 e. The lowest BCUT2D eigenvalue weighted by molar-refractivity contribution is -0.172. The molecule has 3 aliphatic heterocycles. The third-order valence-electron chi connectivity index (χ3n) is 15.3. The Morgan fingerprint density at radius 1 is 0.848 bits per heavy atom. The van der Waals surface area contributed by atoms with Crippen LogP contribution in [0.1, 0.15) is 110 Å². The fourth-order valence-corrected chi connectivity index (χ4v) is 10.7. The first kappa shape index (κ1) is 55.6. The first-order valence-electron chi connectivity index (χ1n) is 26.6. The van der Waals surface area contributed by atoms with E-state index < -0.39 is 96.2 Å². The summed E-state index contributed by atoms with van der Waals surface area (Å²) in [7, 11) is 0. The fraction of sp³-hybridized carbons (Fsp3) is 0.446. The number of halogens is 1. The van der Waals surface area contributed by atoms with Crippen LogP contribution in [0.3, 0.4) is 0 Å². The van der Waals surface area contributed by atoms with Gasteiger partial charge in [0.05, 0.1) is 54.7 Å². The van der Waals surface area contributed by atoms with E-state index in [4.69, 9.17) is 14.5 Å². The van der Waals surface area contributed by atoms with Crippen LogP contribution < -0.4 is 37.5 Å². The van der Waals surface area contributed by atoms with Gasteiger partial charge >= 0.3 is 5.97 Å². The van der Waals surface area contributed by atoms with E-state index in [0.29, 0.717) is 90.3 Å². The molecule has 0 bridgehead atoms. The number of hydrogen-bond acceptors (Lipinski definition) is 14. The summed E-state index contributed by atoms with van der Waals surface area (Å²) in [5.74, 6) is -5.73. The van der Waals surface area contributed by atoms with Gasteiger partial charge in [0.1, 0.15) is 31.3 Å². The molecule has 23 heteroatoms. The van der Waals surface area contributed by atoms with Crippen LogP contribution in [-0.4, -0.2) is 118 Å². The molecule has 79 heavy (non-hydrogen) atoms. The minimum atomic E-state index is -2.05. The molecule has 1 unspecified atom stereocenters. The number of cyclic esters (lactones) is 1. The lowest BCUT2D eigenvalue weighted by atomic mass is 9.81. The van der Waals surface area contributed by atoms with Crippen molar-refractivity contribution in [3.8, 4) is 11.4 Å². The third-order valence-corrected chi connectivity index (χ3v) is 15.3. The molecule has 1 fully saturated rings.